The van der Waals surface area contributed by atoms with Crippen LogP contribution in [0.5, 0.6) is 0 Å². The molecule has 0 radical (unpaired) electrons. The Morgan fingerprint density at radius 2 is 0.729 bits per heavy atom. The first-order chi connectivity index (χ1) is 33.1. The van der Waals surface area contributed by atoms with Crippen molar-refractivity contribution in [2.75, 3.05) is 0 Å². The summed E-state index contributed by atoms with van der Waals surface area (Å²) >= 11 is -3.79. The van der Waals surface area contributed by atoms with Crippen LogP contribution in [0.4, 0.5) is 87.8 Å². The molecule has 0 fully saturated rings. The fourth-order valence-corrected chi connectivity index (χ4v) is 12.4. The number of aliphatic imine (C=N–C) groups is 2. The van der Waals surface area contributed by atoms with Crippen LogP contribution in [0.25, 0.3) is 22.8 Å². The van der Waals surface area contributed by atoms with Crippen molar-refractivity contribution in [1.82, 2.24) is 4.93 Å². The number of halogens is 20. The zero-order valence-electron chi connectivity index (χ0n) is 33.0. The molecule has 4 nitrogen and oxygen atoms in total. The molecule has 6 heterocycles. The van der Waals surface area contributed by atoms with E-state index in [1.807, 2.05) is 0 Å². The molecule has 6 aromatic rings. The first kappa shape index (κ1) is 46.7. The molecule has 0 aliphatic carbocycles. The van der Waals surface area contributed by atoms with Crippen molar-refractivity contribution >= 4 is 58.4 Å². The molecular formula is C45H10F20N4Po. The van der Waals surface area contributed by atoms with E-state index in [4.69, 9.17) is 0 Å². The molecule has 25 heteroatoms. The Labute approximate surface area is 386 Å². The summed E-state index contributed by atoms with van der Waals surface area (Å²) in [5.41, 5.74) is -16.0. The van der Waals surface area contributed by atoms with E-state index < -0.39 is 230 Å². The van der Waals surface area contributed by atoms with Gasteiger partial charge in [-0.25, -0.2) is 0 Å². The molecule has 2 aromatic heterocycles. The van der Waals surface area contributed by atoms with Crippen LogP contribution in [-0.2, 0) is 0 Å². The van der Waals surface area contributed by atoms with E-state index in [0.717, 1.165) is 35.3 Å². The summed E-state index contributed by atoms with van der Waals surface area (Å²) < 4.78 is 309. The van der Waals surface area contributed by atoms with E-state index in [9.17, 15) is 26.3 Å². The molecule has 0 saturated heterocycles. The van der Waals surface area contributed by atoms with E-state index in [2.05, 4.69) is 9.98 Å². The molecule has 6 bridgehead atoms. The summed E-state index contributed by atoms with van der Waals surface area (Å²) in [4.78, 5) is 8.13. The van der Waals surface area contributed by atoms with Crippen LogP contribution < -0.4 is 10.7 Å². The van der Waals surface area contributed by atoms with E-state index in [-0.39, 0.29) is 0 Å². The number of nitrogens with zero attached hydrogens (tertiary/aromatic N) is 4. The summed E-state index contributed by atoms with van der Waals surface area (Å²) in [6.07, 6.45) is 3.51. The van der Waals surface area contributed by atoms with Crippen molar-refractivity contribution in [2.24, 2.45) is 9.98 Å². The Hall–Kier alpha value is -7.02. The van der Waals surface area contributed by atoms with Gasteiger partial charge in [0.15, 0.2) is 0 Å². The predicted octanol–water partition coefficient (Wildman–Crippen LogP) is 10.3. The zero-order valence-corrected chi connectivity index (χ0v) is 36.2. The van der Waals surface area contributed by atoms with Gasteiger partial charge in [0, 0.05) is 0 Å². The quantitative estimate of drug-likeness (QED) is 0.0958. The molecule has 1 unspecified atom stereocenters. The number of fused-ring (bicyclic) bond motifs is 2. The van der Waals surface area contributed by atoms with Crippen LogP contribution in [0.15, 0.2) is 69.9 Å². The summed E-state index contributed by atoms with van der Waals surface area (Å²) in [7, 11) is 0. The van der Waals surface area contributed by atoms with Crippen LogP contribution in [0.2, 0.25) is 0 Å². The molecular weight excluding hydrogens is 1190 g/mol. The van der Waals surface area contributed by atoms with Crippen LogP contribution in [0.3, 0.4) is 0 Å². The van der Waals surface area contributed by atoms with Crippen molar-refractivity contribution in [3.8, 4) is 0 Å². The Kier molecular flexibility index (Phi) is 10.9. The molecule has 70 heavy (non-hydrogen) atoms. The molecule has 4 aromatic carbocycles. The van der Waals surface area contributed by atoms with Gasteiger partial charge >= 0.3 is 388 Å². The molecule has 0 amide bonds. The zero-order chi connectivity index (χ0) is 50.4. The number of benzene rings is 4. The summed E-state index contributed by atoms with van der Waals surface area (Å²) in [5.74, 6) is -54.4. The second-order valence-electron chi connectivity index (χ2n) is 15.0. The molecule has 0 saturated carbocycles. The summed E-state index contributed by atoms with van der Waals surface area (Å²) in [6.45, 7) is 0. The van der Waals surface area contributed by atoms with Crippen LogP contribution in [0, 0.1) is 116 Å². The third-order valence-electron chi connectivity index (χ3n) is 11.3. The minimum absolute atomic E-state index is 0.574. The van der Waals surface area contributed by atoms with E-state index in [1.54, 1.807) is 0 Å². The van der Waals surface area contributed by atoms with Gasteiger partial charge in [-0.2, -0.15) is 0 Å². The monoisotopic (exact) mass is 1200 g/mol. The van der Waals surface area contributed by atoms with Crippen molar-refractivity contribution in [3.63, 3.8) is 0 Å². The van der Waals surface area contributed by atoms with Gasteiger partial charge in [0.25, 0.3) is 0 Å². The van der Waals surface area contributed by atoms with Crippen molar-refractivity contribution < 1.29 is 87.8 Å². The number of allylic oxidation sites excluding steroid dienone is 4. The topological polar surface area (TPSA) is 34.6 Å². The number of hydrogen-bond donors (Lipinski definition) is 0. The van der Waals surface area contributed by atoms with Crippen LogP contribution in [0.1, 0.15) is 39.6 Å². The summed E-state index contributed by atoms with van der Waals surface area (Å²) in [6, 6.07) is 3.24. The predicted molar refractivity (Wildman–Crippen MR) is 205 cm³/mol. The molecule has 0 spiro atoms. The number of hydrogen-bond acceptors (Lipinski definition) is 2. The molecule has 4 aliphatic rings. The third kappa shape index (κ3) is 6.41. The van der Waals surface area contributed by atoms with Gasteiger partial charge in [0.05, 0.1) is 0 Å². The van der Waals surface area contributed by atoms with Crippen LogP contribution >= 0.6 is 0 Å². The first-order valence-electron chi connectivity index (χ1n) is 19.0. The third-order valence-corrected chi connectivity index (χ3v) is 15.7. The van der Waals surface area contributed by atoms with Gasteiger partial charge in [0.2, 0.25) is 0 Å². The number of aromatic nitrogens is 2. The Bertz CT molecular complexity index is 3700. The fraction of sp³-hybridized carbons (Fsp3) is 0.0222. The van der Waals surface area contributed by atoms with Crippen molar-refractivity contribution in [3.05, 3.63) is 221 Å². The Morgan fingerprint density at radius 3 is 1.17 bits per heavy atom. The van der Waals surface area contributed by atoms with Crippen molar-refractivity contribution in [1.29, 1.82) is 0 Å². The minimum atomic E-state index is -3.79. The SMILES string of the molecule is Fc1c(F)c(F)c(C2=C3C=CC(=N3)C(c3c(F)c(F)c(F)c(F)c3F)C=c3cc/c4[n]3[Po][n]3c2ccc3/C(c2c(F)c(F)c(F)c(F)c2F)=C2/C=CC(=N2)\C=4c2c(F)c(F)c(F)c(F)c2F)c(F)c1F. The molecule has 10 rings (SSSR count). The molecule has 4 aliphatic heterocycles. The van der Waals surface area contributed by atoms with Crippen LogP contribution in [-0.4, -0.2) is 40.5 Å². The van der Waals surface area contributed by atoms with E-state index >= 15 is 61.5 Å². The first-order valence-corrected chi connectivity index (χ1v) is 21.9. The average Bonchev–Trinajstić information content (AvgIpc) is 4.18. The van der Waals surface area contributed by atoms with Gasteiger partial charge in [0.1, 0.15) is 0 Å². The van der Waals surface area contributed by atoms with Gasteiger partial charge in [-0.15, -0.1) is 0 Å². The van der Waals surface area contributed by atoms with Gasteiger partial charge in [-0.3, -0.25) is 0 Å². The Morgan fingerprint density at radius 1 is 0.357 bits per heavy atom. The maximum atomic E-state index is 16.2. The maximum absolute atomic E-state index is 16.2. The molecule has 0 N–H and O–H groups in total. The molecule has 356 valence electrons. The summed E-state index contributed by atoms with van der Waals surface area (Å²) in [5, 5.41) is -1.30. The number of rotatable bonds is 4. The fourth-order valence-electron chi connectivity index (χ4n) is 8.15. The van der Waals surface area contributed by atoms with Gasteiger partial charge in [-0.1, -0.05) is 0 Å². The average molecular weight is 1200 g/mol. The van der Waals surface area contributed by atoms with Gasteiger partial charge < -0.3 is 0 Å². The standard InChI is InChI=1S/C45H10F20N4.Po/c46-26-19(27(47)35(55)42(62)34(26)54)11-9-10-1-2-13(66-10)20(23-28(48)36(56)43(63)37(57)29(23)49)15-5-6-17(68-15)22(25-32(52)40(60)45(65)41(61)33(25)53)18-8-7-16(69-18)21(14-4-3-12(11)67-14)24-30(50)38(58)44(64)39(59)31(24)51;/h1-9,11H;/q-2;+2/b10-9?,20-13+,21-14?,22-17+;. The van der Waals surface area contributed by atoms with Gasteiger partial charge in [-0.05, 0) is 0 Å². The second kappa shape index (κ2) is 16.3. The Balaban J connectivity index is 1.47. The van der Waals surface area contributed by atoms with Crippen molar-refractivity contribution in [2.45, 2.75) is 5.92 Å². The molecule has 1 atom stereocenters. The normalized spacial score (nSPS) is 17.9. The van der Waals surface area contributed by atoms with E-state index in [0.29, 0.717) is 24.3 Å². The van der Waals surface area contributed by atoms with E-state index in [1.165, 1.54) is 0 Å². The second-order valence-corrected chi connectivity index (χ2v) is 18.5.